The van der Waals surface area contributed by atoms with E-state index in [1.54, 1.807) is 6.07 Å². The number of halogens is 3. The van der Waals surface area contributed by atoms with Crippen molar-refractivity contribution in [3.05, 3.63) is 68.4 Å². The maximum atomic E-state index is 13.9. The second kappa shape index (κ2) is 5.85. The standard InChI is InChI=1S/C15H11BrClFO/c1-9-2-4-10(5-3-9)8-13(19)11-6-7-12(16)14(17)15(11)18/h2-7H,8H2,1H3. The Morgan fingerprint density at radius 3 is 2.47 bits per heavy atom. The first-order valence-electron chi connectivity index (χ1n) is 5.71. The summed E-state index contributed by atoms with van der Waals surface area (Å²) in [6.07, 6.45) is 0.162. The van der Waals surface area contributed by atoms with Gasteiger partial charge >= 0.3 is 0 Å². The maximum Gasteiger partial charge on any atom is 0.170 e. The van der Waals surface area contributed by atoms with Gasteiger partial charge in [-0.2, -0.15) is 0 Å². The van der Waals surface area contributed by atoms with Gasteiger partial charge < -0.3 is 0 Å². The molecular formula is C15H11BrClFO. The zero-order valence-corrected chi connectivity index (χ0v) is 12.6. The summed E-state index contributed by atoms with van der Waals surface area (Å²) < 4.78 is 14.3. The Hall–Kier alpha value is -1.19. The molecule has 19 heavy (non-hydrogen) atoms. The molecule has 2 aromatic rings. The number of benzene rings is 2. The van der Waals surface area contributed by atoms with Crippen LogP contribution in [0.15, 0.2) is 40.9 Å². The summed E-state index contributed by atoms with van der Waals surface area (Å²) in [7, 11) is 0. The van der Waals surface area contributed by atoms with Crippen molar-refractivity contribution in [3.8, 4) is 0 Å². The molecule has 0 aromatic heterocycles. The second-order valence-electron chi connectivity index (χ2n) is 4.31. The predicted molar refractivity (Wildman–Crippen MR) is 78.3 cm³/mol. The highest BCUT2D eigenvalue weighted by atomic mass is 79.9. The number of carbonyl (C=O) groups is 1. The van der Waals surface area contributed by atoms with Gasteiger partial charge in [-0.3, -0.25) is 4.79 Å². The van der Waals surface area contributed by atoms with E-state index in [0.717, 1.165) is 11.1 Å². The van der Waals surface area contributed by atoms with Gasteiger partial charge in [0.05, 0.1) is 10.6 Å². The van der Waals surface area contributed by atoms with Crippen molar-refractivity contribution >= 4 is 33.3 Å². The molecule has 0 aliphatic carbocycles. The van der Waals surface area contributed by atoms with E-state index in [1.165, 1.54) is 6.07 Å². The van der Waals surface area contributed by atoms with Crippen LogP contribution in [0, 0.1) is 12.7 Å². The molecule has 1 nitrogen and oxygen atoms in total. The molecule has 0 spiro atoms. The summed E-state index contributed by atoms with van der Waals surface area (Å²) in [5, 5.41) is -0.0604. The van der Waals surface area contributed by atoms with Gasteiger partial charge in [-0.1, -0.05) is 41.4 Å². The first kappa shape index (κ1) is 14.2. The van der Waals surface area contributed by atoms with E-state index in [4.69, 9.17) is 11.6 Å². The molecule has 0 fully saturated rings. The van der Waals surface area contributed by atoms with Gasteiger partial charge in [-0.05, 0) is 40.5 Å². The van der Waals surface area contributed by atoms with E-state index in [2.05, 4.69) is 15.9 Å². The molecule has 0 aliphatic heterocycles. The number of aryl methyl sites for hydroxylation is 1. The van der Waals surface area contributed by atoms with Crippen LogP contribution in [-0.2, 0) is 6.42 Å². The number of hydrogen-bond acceptors (Lipinski definition) is 1. The Morgan fingerprint density at radius 2 is 1.84 bits per heavy atom. The lowest BCUT2D eigenvalue weighted by atomic mass is 10.0. The predicted octanol–water partition coefficient (Wildman–Crippen LogP) is 4.98. The number of ketones is 1. The fourth-order valence-corrected chi connectivity index (χ4v) is 2.20. The zero-order valence-electron chi connectivity index (χ0n) is 10.2. The van der Waals surface area contributed by atoms with Gasteiger partial charge in [-0.25, -0.2) is 4.39 Å². The van der Waals surface area contributed by atoms with Crippen molar-refractivity contribution < 1.29 is 9.18 Å². The summed E-state index contributed by atoms with van der Waals surface area (Å²) in [4.78, 5) is 12.1. The van der Waals surface area contributed by atoms with Crippen LogP contribution in [-0.4, -0.2) is 5.78 Å². The van der Waals surface area contributed by atoms with Crippen LogP contribution in [0.3, 0.4) is 0 Å². The van der Waals surface area contributed by atoms with Crippen molar-refractivity contribution in [2.75, 3.05) is 0 Å². The highest BCUT2D eigenvalue weighted by Gasteiger charge is 2.16. The Bertz CT molecular complexity index is 623. The lowest BCUT2D eigenvalue weighted by molar-refractivity contribution is 0.0989. The van der Waals surface area contributed by atoms with E-state index in [9.17, 15) is 9.18 Å². The van der Waals surface area contributed by atoms with Gasteiger partial charge in [0.25, 0.3) is 0 Å². The molecule has 2 aromatic carbocycles. The van der Waals surface area contributed by atoms with Crippen LogP contribution in [0.4, 0.5) is 4.39 Å². The molecule has 98 valence electrons. The van der Waals surface area contributed by atoms with Crippen molar-refractivity contribution in [2.45, 2.75) is 13.3 Å². The number of hydrogen-bond donors (Lipinski definition) is 0. The maximum absolute atomic E-state index is 13.9. The van der Waals surface area contributed by atoms with E-state index in [-0.39, 0.29) is 22.8 Å². The van der Waals surface area contributed by atoms with Crippen LogP contribution in [0.25, 0.3) is 0 Å². The fraction of sp³-hybridized carbons (Fsp3) is 0.133. The SMILES string of the molecule is Cc1ccc(CC(=O)c2ccc(Br)c(Cl)c2F)cc1. The zero-order chi connectivity index (χ0) is 14.0. The smallest absolute Gasteiger partial charge is 0.170 e. The Kier molecular flexibility index (Phi) is 4.38. The van der Waals surface area contributed by atoms with E-state index >= 15 is 0 Å². The lowest BCUT2D eigenvalue weighted by Gasteiger charge is -2.06. The largest absolute Gasteiger partial charge is 0.294 e. The summed E-state index contributed by atoms with van der Waals surface area (Å²) in [5.74, 6) is -0.955. The van der Waals surface area contributed by atoms with Gasteiger partial charge in [-0.15, -0.1) is 0 Å². The minimum Gasteiger partial charge on any atom is -0.294 e. The topological polar surface area (TPSA) is 17.1 Å². The Balaban J connectivity index is 2.25. The molecule has 0 N–H and O–H groups in total. The van der Waals surface area contributed by atoms with Gasteiger partial charge in [0.2, 0.25) is 0 Å². The molecule has 0 unspecified atom stereocenters. The Morgan fingerprint density at radius 1 is 1.21 bits per heavy atom. The summed E-state index contributed by atoms with van der Waals surface area (Å²) in [6.45, 7) is 1.97. The third-order valence-electron chi connectivity index (χ3n) is 2.82. The van der Waals surface area contributed by atoms with Crippen LogP contribution in [0.1, 0.15) is 21.5 Å². The molecule has 0 radical (unpaired) electrons. The third kappa shape index (κ3) is 3.23. The van der Waals surface area contributed by atoms with Crippen molar-refractivity contribution in [2.24, 2.45) is 0 Å². The van der Waals surface area contributed by atoms with Crippen LogP contribution < -0.4 is 0 Å². The summed E-state index contributed by atoms with van der Waals surface area (Å²) in [5.41, 5.74) is 2.00. The number of Topliss-reactive ketones (excluding diaryl/α,β-unsaturated/α-hetero) is 1. The van der Waals surface area contributed by atoms with Crippen molar-refractivity contribution in [1.29, 1.82) is 0 Å². The second-order valence-corrected chi connectivity index (χ2v) is 5.54. The van der Waals surface area contributed by atoms with Crippen LogP contribution in [0.2, 0.25) is 5.02 Å². The van der Waals surface area contributed by atoms with E-state index in [0.29, 0.717) is 4.47 Å². The molecule has 2 rings (SSSR count). The molecular weight excluding hydrogens is 331 g/mol. The van der Waals surface area contributed by atoms with Gasteiger partial charge in [0.1, 0.15) is 0 Å². The highest BCUT2D eigenvalue weighted by molar-refractivity contribution is 9.10. The molecule has 0 bridgehead atoms. The number of carbonyl (C=O) groups excluding carboxylic acids is 1. The van der Waals surface area contributed by atoms with E-state index < -0.39 is 5.82 Å². The fourth-order valence-electron chi connectivity index (χ4n) is 1.73. The van der Waals surface area contributed by atoms with Crippen molar-refractivity contribution in [1.82, 2.24) is 0 Å². The lowest BCUT2D eigenvalue weighted by Crippen LogP contribution is -2.06. The third-order valence-corrected chi connectivity index (χ3v) is 4.08. The first-order valence-corrected chi connectivity index (χ1v) is 6.88. The monoisotopic (exact) mass is 340 g/mol. The summed E-state index contributed by atoms with van der Waals surface area (Å²) in [6, 6.07) is 10.6. The molecule has 0 heterocycles. The van der Waals surface area contributed by atoms with E-state index in [1.807, 2.05) is 31.2 Å². The quantitative estimate of drug-likeness (QED) is 0.569. The molecule has 0 atom stereocenters. The van der Waals surface area contributed by atoms with Crippen LogP contribution >= 0.6 is 27.5 Å². The average Bonchev–Trinajstić information content (AvgIpc) is 2.39. The number of rotatable bonds is 3. The Labute approximate surface area is 124 Å². The molecule has 0 saturated heterocycles. The average molecular weight is 342 g/mol. The summed E-state index contributed by atoms with van der Waals surface area (Å²) >= 11 is 8.90. The molecule has 0 amide bonds. The highest BCUT2D eigenvalue weighted by Crippen LogP contribution is 2.28. The van der Waals surface area contributed by atoms with Crippen LogP contribution in [0.5, 0.6) is 0 Å². The van der Waals surface area contributed by atoms with Gasteiger partial charge in [0, 0.05) is 10.9 Å². The minimum atomic E-state index is -0.673. The van der Waals surface area contributed by atoms with Gasteiger partial charge in [0.15, 0.2) is 11.6 Å². The minimum absolute atomic E-state index is 0.0220. The molecule has 4 heteroatoms. The first-order chi connectivity index (χ1) is 8.99. The molecule has 0 saturated carbocycles. The van der Waals surface area contributed by atoms with Crippen molar-refractivity contribution in [3.63, 3.8) is 0 Å². The molecule has 0 aliphatic rings. The normalized spacial score (nSPS) is 10.5.